The highest BCUT2D eigenvalue weighted by atomic mass is 16.5. The van der Waals surface area contributed by atoms with Gasteiger partial charge in [-0.15, -0.1) is 0 Å². The van der Waals surface area contributed by atoms with Crippen molar-refractivity contribution < 1.29 is 14.1 Å². The topological polar surface area (TPSA) is 110 Å². The number of aryl methyl sites for hydroxylation is 1. The molecule has 0 saturated heterocycles. The Morgan fingerprint density at radius 2 is 1.75 bits per heavy atom. The normalized spacial score (nSPS) is 11.0. The zero-order chi connectivity index (χ0) is 20.5. The van der Waals surface area contributed by atoms with Crippen LogP contribution >= 0.6 is 0 Å². The molecule has 7 nitrogen and oxygen atoms in total. The van der Waals surface area contributed by atoms with E-state index in [4.69, 9.17) is 4.52 Å². The molecule has 3 aromatic rings. The second-order valence-corrected chi connectivity index (χ2v) is 5.93. The van der Waals surface area contributed by atoms with Crippen molar-refractivity contribution in [3.63, 3.8) is 0 Å². The molecular weight excluding hydrogens is 356 g/mol. The van der Waals surface area contributed by atoms with Gasteiger partial charge >= 0.3 is 6.03 Å². The molecule has 1 aromatic heterocycles. The van der Waals surface area contributed by atoms with Crippen LogP contribution in [0.4, 0.5) is 10.5 Å². The highest BCUT2D eigenvalue weighted by Gasteiger charge is 2.18. The van der Waals surface area contributed by atoms with Crippen LogP contribution in [0.5, 0.6) is 0 Å². The molecule has 0 bridgehead atoms. The SMILES string of the molecule is CN.Cc1onc(-c2ccccc2)c1NC(=O)NC(C)c1ccc(C=O)cc1. The summed E-state index contributed by atoms with van der Waals surface area (Å²) in [5, 5.41) is 9.73. The molecule has 0 aliphatic carbocycles. The summed E-state index contributed by atoms with van der Waals surface area (Å²) >= 11 is 0. The van der Waals surface area contributed by atoms with Crippen molar-refractivity contribution in [2.45, 2.75) is 19.9 Å². The lowest BCUT2D eigenvalue weighted by Gasteiger charge is -2.15. The average molecular weight is 380 g/mol. The lowest BCUT2D eigenvalue weighted by atomic mass is 10.1. The van der Waals surface area contributed by atoms with Gasteiger partial charge in [0, 0.05) is 11.1 Å². The number of nitrogens with zero attached hydrogens (tertiary/aromatic N) is 1. The van der Waals surface area contributed by atoms with Gasteiger partial charge in [-0.2, -0.15) is 0 Å². The van der Waals surface area contributed by atoms with E-state index in [0.29, 0.717) is 22.7 Å². The predicted octanol–water partition coefficient (Wildman–Crippen LogP) is 3.92. The fourth-order valence-corrected chi connectivity index (χ4v) is 2.61. The van der Waals surface area contributed by atoms with E-state index in [9.17, 15) is 9.59 Å². The number of nitrogens with two attached hydrogens (primary N) is 1. The highest BCUT2D eigenvalue weighted by Crippen LogP contribution is 2.29. The average Bonchev–Trinajstić information content (AvgIpc) is 3.10. The van der Waals surface area contributed by atoms with Gasteiger partial charge in [-0.3, -0.25) is 4.79 Å². The minimum Gasteiger partial charge on any atom is -0.359 e. The number of hydrogen-bond donors (Lipinski definition) is 3. The molecule has 1 heterocycles. The molecule has 4 N–H and O–H groups in total. The van der Waals surface area contributed by atoms with E-state index < -0.39 is 0 Å². The standard InChI is InChI=1S/C20H19N3O3.CH5N/c1-13(16-10-8-15(12-24)9-11-16)21-20(25)22-18-14(2)26-23-19(18)17-6-4-3-5-7-17;1-2/h3-13H,1-2H3,(H2,21,22,25);2H2,1H3. The summed E-state index contributed by atoms with van der Waals surface area (Å²) in [6.45, 7) is 3.62. The molecule has 0 radical (unpaired) electrons. The van der Waals surface area contributed by atoms with Crippen LogP contribution < -0.4 is 16.4 Å². The van der Waals surface area contributed by atoms with Gasteiger partial charge in [0.2, 0.25) is 0 Å². The lowest BCUT2D eigenvalue weighted by Crippen LogP contribution is -2.31. The second kappa shape index (κ2) is 10.0. The summed E-state index contributed by atoms with van der Waals surface area (Å²) in [7, 11) is 1.50. The van der Waals surface area contributed by atoms with E-state index in [-0.39, 0.29) is 12.1 Å². The van der Waals surface area contributed by atoms with Gasteiger partial charge in [0.25, 0.3) is 0 Å². The quantitative estimate of drug-likeness (QED) is 0.581. The van der Waals surface area contributed by atoms with Crippen LogP contribution in [-0.2, 0) is 0 Å². The first-order valence-corrected chi connectivity index (χ1v) is 8.80. The molecule has 0 aliphatic rings. The number of benzene rings is 2. The van der Waals surface area contributed by atoms with E-state index >= 15 is 0 Å². The van der Waals surface area contributed by atoms with E-state index in [2.05, 4.69) is 21.5 Å². The molecule has 0 fully saturated rings. The molecule has 0 saturated carbocycles. The first kappa shape index (κ1) is 20.9. The number of nitrogens with one attached hydrogen (secondary N) is 2. The Labute approximate surface area is 163 Å². The fraction of sp³-hybridized carbons (Fsp3) is 0.190. The first-order chi connectivity index (χ1) is 13.6. The maximum Gasteiger partial charge on any atom is 0.319 e. The molecular formula is C21H24N4O3. The molecule has 0 aliphatic heterocycles. The van der Waals surface area contributed by atoms with Crippen molar-refractivity contribution in [2.75, 3.05) is 12.4 Å². The predicted molar refractivity (Wildman–Crippen MR) is 109 cm³/mol. The molecule has 7 heteroatoms. The summed E-state index contributed by atoms with van der Waals surface area (Å²) in [6, 6.07) is 16.0. The highest BCUT2D eigenvalue weighted by molar-refractivity contribution is 5.94. The number of carbonyl (C=O) groups is 2. The summed E-state index contributed by atoms with van der Waals surface area (Å²) in [5.74, 6) is 0.530. The molecule has 2 aromatic carbocycles. The summed E-state index contributed by atoms with van der Waals surface area (Å²) in [5.41, 5.74) is 7.98. The second-order valence-electron chi connectivity index (χ2n) is 5.93. The third kappa shape index (κ3) is 5.05. The third-order valence-electron chi connectivity index (χ3n) is 4.07. The minimum absolute atomic E-state index is 0.226. The summed E-state index contributed by atoms with van der Waals surface area (Å²) < 4.78 is 5.24. The number of amides is 2. The number of aldehydes is 1. The molecule has 2 amide bonds. The van der Waals surface area contributed by atoms with Gasteiger partial charge in [0.15, 0.2) is 5.76 Å². The zero-order valence-corrected chi connectivity index (χ0v) is 16.1. The maximum absolute atomic E-state index is 12.4. The van der Waals surface area contributed by atoms with E-state index in [1.54, 1.807) is 19.1 Å². The first-order valence-electron chi connectivity index (χ1n) is 8.80. The van der Waals surface area contributed by atoms with Gasteiger partial charge in [0.1, 0.15) is 17.7 Å². The van der Waals surface area contributed by atoms with Crippen molar-refractivity contribution in [1.82, 2.24) is 10.5 Å². The Bertz CT molecular complexity index is 905. The van der Waals surface area contributed by atoms with Gasteiger partial charge in [0.05, 0.1) is 6.04 Å². The maximum atomic E-state index is 12.4. The van der Waals surface area contributed by atoms with Gasteiger partial charge < -0.3 is 20.9 Å². The largest absolute Gasteiger partial charge is 0.359 e. The molecule has 1 unspecified atom stereocenters. The Balaban J connectivity index is 0.00000136. The monoisotopic (exact) mass is 380 g/mol. The number of urea groups is 1. The Morgan fingerprint density at radius 3 is 2.36 bits per heavy atom. The summed E-state index contributed by atoms with van der Waals surface area (Å²) in [6.07, 6.45) is 0.786. The summed E-state index contributed by atoms with van der Waals surface area (Å²) in [4.78, 5) is 23.1. The van der Waals surface area contributed by atoms with Crippen molar-refractivity contribution in [2.24, 2.45) is 5.73 Å². The number of rotatable bonds is 5. The Kier molecular flexibility index (Phi) is 7.47. The molecule has 3 rings (SSSR count). The van der Waals surface area contributed by atoms with Gasteiger partial charge in [-0.1, -0.05) is 59.8 Å². The fourth-order valence-electron chi connectivity index (χ4n) is 2.61. The number of aromatic nitrogens is 1. The molecule has 28 heavy (non-hydrogen) atoms. The van der Waals surface area contributed by atoms with Crippen LogP contribution in [0, 0.1) is 6.92 Å². The van der Waals surface area contributed by atoms with Crippen LogP contribution in [0.1, 0.15) is 34.6 Å². The van der Waals surface area contributed by atoms with Crippen molar-refractivity contribution >= 4 is 18.0 Å². The van der Waals surface area contributed by atoms with Crippen LogP contribution in [-0.4, -0.2) is 24.5 Å². The van der Waals surface area contributed by atoms with Crippen molar-refractivity contribution in [3.8, 4) is 11.3 Å². The molecule has 0 spiro atoms. The number of carbonyl (C=O) groups excluding carboxylic acids is 2. The zero-order valence-electron chi connectivity index (χ0n) is 16.1. The number of hydrogen-bond acceptors (Lipinski definition) is 5. The van der Waals surface area contributed by atoms with Crippen LogP contribution in [0.3, 0.4) is 0 Å². The van der Waals surface area contributed by atoms with Gasteiger partial charge in [-0.05, 0) is 26.5 Å². The minimum atomic E-state index is -0.361. The third-order valence-corrected chi connectivity index (χ3v) is 4.07. The van der Waals surface area contributed by atoms with Crippen molar-refractivity contribution in [1.29, 1.82) is 0 Å². The van der Waals surface area contributed by atoms with E-state index in [1.807, 2.05) is 49.4 Å². The van der Waals surface area contributed by atoms with Crippen molar-refractivity contribution in [3.05, 3.63) is 71.5 Å². The van der Waals surface area contributed by atoms with Gasteiger partial charge in [-0.25, -0.2) is 4.79 Å². The Morgan fingerprint density at radius 1 is 1.11 bits per heavy atom. The number of anilines is 1. The smallest absolute Gasteiger partial charge is 0.319 e. The van der Waals surface area contributed by atoms with E-state index in [1.165, 1.54) is 7.05 Å². The van der Waals surface area contributed by atoms with Crippen LogP contribution in [0.15, 0.2) is 59.1 Å². The molecule has 146 valence electrons. The lowest BCUT2D eigenvalue weighted by molar-refractivity contribution is 0.112. The Hall–Kier alpha value is -3.45. The van der Waals surface area contributed by atoms with Crippen LogP contribution in [0.25, 0.3) is 11.3 Å². The molecule has 1 atom stereocenters. The van der Waals surface area contributed by atoms with E-state index in [0.717, 1.165) is 17.4 Å². The van der Waals surface area contributed by atoms with Crippen LogP contribution in [0.2, 0.25) is 0 Å².